The topological polar surface area (TPSA) is 41.4 Å². The van der Waals surface area contributed by atoms with Gasteiger partial charge in [-0.1, -0.05) is 61.0 Å². The van der Waals surface area contributed by atoms with Crippen LogP contribution in [-0.2, 0) is 6.54 Å². The van der Waals surface area contributed by atoms with E-state index in [1.54, 1.807) is 6.20 Å². The zero-order valence-corrected chi connectivity index (χ0v) is 18.8. The number of amides is 1. The number of hydrogen-bond acceptors (Lipinski definition) is 3. The van der Waals surface area contributed by atoms with E-state index >= 15 is 0 Å². The van der Waals surface area contributed by atoms with Crippen molar-refractivity contribution in [2.45, 2.75) is 39.8 Å². The highest BCUT2D eigenvalue weighted by Gasteiger charge is 2.30. The Hall–Kier alpha value is -2.92. The monoisotopic (exact) mass is 416 g/mol. The lowest BCUT2D eigenvalue weighted by molar-refractivity contribution is 0.0585. The van der Waals surface area contributed by atoms with Crippen molar-refractivity contribution >= 4 is 5.91 Å². The Bertz CT molecular complexity index is 1020. The normalized spacial score (nSPS) is 15.8. The second kappa shape index (κ2) is 9.48. The average molecular weight is 417 g/mol. The first-order valence-electron chi connectivity index (χ1n) is 11.3. The summed E-state index contributed by atoms with van der Waals surface area (Å²) < 4.78 is 1.83. The van der Waals surface area contributed by atoms with Gasteiger partial charge >= 0.3 is 0 Å². The van der Waals surface area contributed by atoms with Gasteiger partial charge in [-0.15, -0.1) is 0 Å². The van der Waals surface area contributed by atoms with Crippen molar-refractivity contribution < 1.29 is 4.79 Å². The molecule has 162 valence electrons. The molecule has 1 amide bonds. The van der Waals surface area contributed by atoms with Gasteiger partial charge in [-0.3, -0.25) is 14.4 Å². The van der Waals surface area contributed by atoms with Gasteiger partial charge in [0.25, 0.3) is 5.91 Å². The van der Waals surface area contributed by atoms with Crippen LogP contribution in [0.4, 0.5) is 0 Å². The molecule has 1 aromatic heterocycles. The summed E-state index contributed by atoms with van der Waals surface area (Å²) in [6.07, 6.45) is 2.69. The molecule has 1 saturated heterocycles. The van der Waals surface area contributed by atoms with Crippen LogP contribution in [0.5, 0.6) is 0 Å². The van der Waals surface area contributed by atoms with Crippen LogP contribution in [0.25, 0.3) is 0 Å². The first kappa shape index (κ1) is 21.3. The van der Waals surface area contributed by atoms with Crippen molar-refractivity contribution in [3.05, 3.63) is 88.7 Å². The highest BCUT2D eigenvalue weighted by molar-refractivity contribution is 5.92. The third kappa shape index (κ3) is 4.57. The third-order valence-electron chi connectivity index (χ3n) is 6.18. The molecule has 2 aromatic carbocycles. The minimum atomic E-state index is 0.0913. The predicted octanol–water partition coefficient (Wildman–Crippen LogP) is 4.46. The van der Waals surface area contributed by atoms with E-state index in [4.69, 9.17) is 0 Å². The molecule has 0 N–H and O–H groups in total. The molecule has 0 bridgehead atoms. The molecule has 0 radical (unpaired) electrons. The number of piperazine rings is 1. The number of aryl methyl sites for hydroxylation is 3. The van der Waals surface area contributed by atoms with Crippen LogP contribution in [0.2, 0.25) is 0 Å². The number of hydrogen-bond donors (Lipinski definition) is 0. The molecule has 0 unspecified atom stereocenters. The van der Waals surface area contributed by atoms with E-state index in [1.807, 2.05) is 15.6 Å². The second-order valence-electron chi connectivity index (χ2n) is 8.44. The van der Waals surface area contributed by atoms with Crippen molar-refractivity contribution in [2.75, 3.05) is 26.2 Å². The maximum absolute atomic E-state index is 13.1. The van der Waals surface area contributed by atoms with Gasteiger partial charge in [0, 0.05) is 38.9 Å². The van der Waals surface area contributed by atoms with Crippen LogP contribution in [0.15, 0.2) is 60.8 Å². The fourth-order valence-electron chi connectivity index (χ4n) is 4.53. The number of benzene rings is 2. The van der Waals surface area contributed by atoms with E-state index in [0.29, 0.717) is 5.69 Å². The first-order valence-corrected chi connectivity index (χ1v) is 11.3. The fourth-order valence-corrected chi connectivity index (χ4v) is 4.53. The molecular formula is C26H32N4O. The van der Waals surface area contributed by atoms with E-state index in [2.05, 4.69) is 79.3 Å². The third-order valence-corrected chi connectivity index (χ3v) is 6.18. The van der Waals surface area contributed by atoms with E-state index in [-0.39, 0.29) is 11.9 Å². The SMILES string of the molecule is CCCn1nccc1C(=O)N1CCN([C@@H](c2ccccc2)c2cc(C)ccc2C)CC1. The second-order valence-corrected chi connectivity index (χ2v) is 8.44. The summed E-state index contributed by atoms with van der Waals surface area (Å²) in [4.78, 5) is 17.6. The molecule has 1 aliphatic rings. The summed E-state index contributed by atoms with van der Waals surface area (Å²) in [6, 6.07) is 19.5. The molecular weight excluding hydrogens is 384 g/mol. The Morgan fingerprint density at radius 2 is 1.74 bits per heavy atom. The van der Waals surface area contributed by atoms with Gasteiger partial charge in [0.2, 0.25) is 0 Å². The molecule has 1 aliphatic heterocycles. The fraction of sp³-hybridized carbons (Fsp3) is 0.385. The molecule has 0 saturated carbocycles. The molecule has 4 rings (SSSR count). The summed E-state index contributed by atoms with van der Waals surface area (Å²) >= 11 is 0. The summed E-state index contributed by atoms with van der Waals surface area (Å²) in [7, 11) is 0. The van der Waals surface area contributed by atoms with Gasteiger partial charge in [0.1, 0.15) is 5.69 Å². The van der Waals surface area contributed by atoms with Gasteiger partial charge in [-0.2, -0.15) is 5.10 Å². The molecule has 0 spiro atoms. The Labute approximate surface area is 185 Å². The van der Waals surface area contributed by atoms with Gasteiger partial charge in [0.15, 0.2) is 0 Å². The molecule has 31 heavy (non-hydrogen) atoms. The highest BCUT2D eigenvalue weighted by atomic mass is 16.2. The number of carbonyl (C=O) groups is 1. The maximum Gasteiger partial charge on any atom is 0.272 e. The predicted molar refractivity (Wildman–Crippen MR) is 124 cm³/mol. The van der Waals surface area contributed by atoms with E-state index in [9.17, 15) is 4.79 Å². The van der Waals surface area contributed by atoms with E-state index in [1.165, 1.54) is 22.3 Å². The zero-order chi connectivity index (χ0) is 21.8. The molecule has 2 heterocycles. The van der Waals surface area contributed by atoms with Crippen LogP contribution >= 0.6 is 0 Å². The van der Waals surface area contributed by atoms with Gasteiger partial charge in [-0.25, -0.2) is 0 Å². The van der Waals surface area contributed by atoms with Crippen molar-refractivity contribution in [1.82, 2.24) is 19.6 Å². The van der Waals surface area contributed by atoms with Gasteiger partial charge in [-0.05, 0) is 43.0 Å². The van der Waals surface area contributed by atoms with E-state index in [0.717, 1.165) is 39.1 Å². The van der Waals surface area contributed by atoms with Crippen molar-refractivity contribution in [2.24, 2.45) is 0 Å². The smallest absolute Gasteiger partial charge is 0.272 e. The van der Waals surface area contributed by atoms with Gasteiger partial charge < -0.3 is 4.90 Å². The summed E-state index contributed by atoms with van der Waals surface area (Å²) in [6.45, 7) is 10.4. The Morgan fingerprint density at radius 3 is 2.45 bits per heavy atom. The van der Waals surface area contributed by atoms with Crippen LogP contribution in [0, 0.1) is 13.8 Å². The van der Waals surface area contributed by atoms with Crippen LogP contribution in [0.3, 0.4) is 0 Å². The molecule has 0 aliphatic carbocycles. The molecule has 3 aromatic rings. The van der Waals surface area contributed by atoms with Crippen LogP contribution < -0.4 is 0 Å². The molecule has 1 fully saturated rings. The lowest BCUT2D eigenvalue weighted by Gasteiger charge is -2.40. The summed E-state index contributed by atoms with van der Waals surface area (Å²) in [5.74, 6) is 0.0913. The Morgan fingerprint density at radius 1 is 1.00 bits per heavy atom. The van der Waals surface area contributed by atoms with Gasteiger partial charge in [0.05, 0.1) is 6.04 Å². The maximum atomic E-state index is 13.1. The van der Waals surface area contributed by atoms with Crippen molar-refractivity contribution in [3.8, 4) is 0 Å². The quantitative estimate of drug-likeness (QED) is 0.596. The van der Waals surface area contributed by atoms with Crippen LogP contribution in [0.1, 0.15) is 52.1 Å². The largest absolute Gasteiger partial charge is 0.335 e. The number of aromatic nitrogens is 2. The standard InChI is InChI=1S/C26H32N4O/c1-4-14-30-24(12-13-27-30)26(31)29-17-15-28(16-18-29)25(22-8-6-5-7-9-22)23-19-20(2)10-11-21(23)3/h5-13,19,25H,4,14-18H2,1-3H3/t25-/m0/s1. The van der Waals surface area contributed by atoms with Crippen molar-refractivity contribution in [3.63, 3.8) is 0 Å². The Kier molecular flexibility index (Phi) is 6.52. The lowest BCUT2D eigenvalue weighted by atomic mass is 9.92. The lowest BCUT2D eigenvalue weighted by Crippen LogP contribution is -2.50. The molecule has 1 atom stereocenters. The minimum absolute atomic E-state index is 0.0913. The van der Waals surface area contributed by atoms with Crippen LogP contribution in [-0.4, -0.2) is 51.7 Å². The zero-order valence-electron chi connectivity index (χ0n) is 18.8. The Balaban J connectivity index is 1.55. The minimum Gasteiger partial charge on any atom is -0.335 e. The van der Waals surface area contributed by atoms with E-state index < -0.39 is 0 Å². The number of carbonyl (C=O) groups excluding carboxylic acids is 1. The average Bonchev–Trinajstić information content (AvgIpc) is 3.26. The summed E-state index contributed by atoms with van der Waals surface area (Å²) in [5, 5.41) is 4.32. The first-order chi connectivity index (χ1) is 15.1. The van der Waals surface area contributed by atoms with Crippen molar-refractivity contribution in [1.29, 1.82) is 0 Å². The highest BCUT2D eigenvalue weighted by Crippen LogP contribution is 2.32. The number of nitrogens with zero attached hydrogens (tertiary/aromatic N) is 4. The number of rotatable bonds is 6. The molecule has 5 nitrogen and oxygen atoms in total. The summed E-state index contributed by atoms with van der Waals surface area (Å²) in [5.41, 5.74) is 5.94. The molecule has 5 heteroatoms.